The van der Waals surface area contributed by atoms with Crippen LogP contribution >= 0.6 is 0 Å². The van der Waals surface area contributed by atoms with Gasteiger partial charge in [0.2, 0.25) is 0 Å². The lowest BCUT2D eigenvalue weighted by atomic mass is 10.2. The molecular weight excluding hydrogens is 250 g/mol. The SMILES string of the molecule is CCNC(=O)c1cccc(N2CCc3ccccc32)n1. The number of anilines is 2. The van der Waals surface area contributed by atoms with Crippen LogP contribution in [0.5, 0.6) is 0 Å². The summed E-state index contributed by atoms with van der Waals surface area (Å²) in [5.74, 6) is 0.709. The lowest BCUT2D eigenvalue weighted by molar-refractivity contribution is 0.0951. The second-order valence-corrected chi connectivity index (χ2v) is 4.77. The van der Waals surface area contributed by atoms with Crippen LogP contribution in [0.25, 0.3) is 0 Å². The first-order valence-electron chi connectivity index (χ1n) is 6.90. The number of hydrogen-bond acceptors (Lipinski definition) is 3. The Labute approximate surface area is 118 Å². The Hall–Kier alpha value is -2.36. The Morgan fingerprint density at radius 3 is 2.95 bits per heavy atom. The van der Waals surface area contributed by atoms with Gasteiger partial charge in [-0.1, -0.05) is 24.3 Å². The summed E-state index contributed by atoms with van der Waals surface area (Å²) in [6.45, 7) is 3.42. The van der Waals surface area contributed by atoms with Gasteiger partial charge in [-0.05, 0) is 37.1 Å². The lowest BCUT2D eigenvalue weighted by Gasteiger charge is -2.18. The molecule has 2 heterocycles. The minimum Gasteiger partial charge on any atom is -0.351 e. The number of amides is 1. The zero-order valence-electron chi connectivity index (χ0n) is 11.5. The molecule has 1 aromatic carbocycles. The molecule has 102 valence electrons. The summed E-state index contributed by atoms with van der Waals surface area (Å²) >= 11 is 0. The Morgan fingerprint density at radius 2 is 2.10 bits per heavy atom. The van der Waals surface area contributed by atoms with Crippen molar-refractivity contribution in [2.24, 2.45) is 0 Å². The van der Waals surface area contributed by atoms with Gasteiger partial charge in [-0.25, -0.2) is 4.98 Å². The largest absolute Gasteiger partial charge is 0.351 e. The number of carbonyl (C=O) groups is 1. The minimum absolute atomic E-state index is 0.123. The molecular formula is C16H17N3O. The molecule has 3 rings (SSSR count). The fraction of sp³-hybridized carbons (Fsp3) is 0.250. The maximum Gasteiger partial charge on any atom is 0.269 e. The molecule has 4 heteroatoms. The molecule has 1 amide bonds. The Bertz CT molecular complexity index is 639. The van der Waals surface area contributed by atoms with E-state index < -0.39 is 0 Å². The molecule has 4 nitrogen and oxygen atoms in total. The second-order valence-electron chi connectivity index (χ2n) is 4.77. The van der Waals surface area contributed by atoms with Crippen LogP contribution < -0.4 is 10.2 Å². The Balaban J connectivity index is 1.92. The molecule has 2 aromatic rings. The summed E-state index contributed by atoms with van der Waals surface area (Å²) < 4.78 is 0. The van der Waals surface area contributed by atoms with E-state index in [1.54, 1.807) is 6.07 Å². The molecule has 0 aliphatic carbocycles. The number of carbonyl (C=O) groups excluding carboxylic acids is 1. The van der Waals surface area contributed by atoms with Crippen molar-refractivity contribution in [1.29, 1.82) is 0 Å². The number of pyridine rings is 1. The molecule has 0 unspecified atom stereocenters. The van der Waals surface area contributed by atoms with Crippen LogP contribution in [0.4, 0.5) is 11.5 Å². The second kappa shape index (κ2) is 5.33. The summed E-state index contributed by atoms with van der Waals surface area (Å²) in [5, 5.41) is 2.78. The van der Waals surface area contributed by atoms with Crippen molar-refractivity contribution in [3.63, 3.8) is 0 Å². The van der Waals surface area contributed by atoms with Gasteiger partial charge >= 0.3 is 0 Å². The predicted octanol–water partition coefficient (Wildman–Crippen LogP) is 2.53. The van der Waals surface area contributed by atoms with Gasteiger partial charge in [0.05, 0.1) is 0 Å². The van der Waals surface area contributed by atoms with E-state index in [1.165, 1.54) is 11.3 Å². The van der Waals surface area contributed by atoms with Crippen molar-refractivity contribution in [1.82, 2.24) is 10.3 Å². The van der Waals surface area contributed by atoms with Gasteiger partial charge in [-0.15, -0.1) is 0 Å². The third-order valence-corrected chi connectivity index (χ3v) is 3.47. The fourth-order valence-corrected chi connectivity index (χ4v) is 2.53. The number of nitrogens with one attached hydrogen (secondary N) is 1. The van der Waals surface area contributed by atoms with Gasteiger partial charge in [-0.3, -0.25) is 4.79 Å². The van der Waals surface area contributed by atoms with Crippen LogP contribution in [0.15, 0.2) is 42.5 Å². The number of nitrogens with zero attached hydrogens (tertiary/aromatic N) is 2. The summed E-state index contributed by atoms with van der Waals surface area (Å²) in [6, 6.07) is 13.9. The number of fused-ring (bicyclic) bond motifs is 1. The molecule has 0 saturated heterocycles. The standard InChI is InChI=1S/C16H17N3O/c1-2-17-16(20)13-7-5-9-15(18-13)19-11-10-12-6-3-4-8-14(12)19/h3-9H,2,10-11H2,1H3,(H,17,20). The summed E-state index contributed by atoms with van der Waals surface area (Å²) in [6.07, 6.45) is 1.02. The maximum absolute atomic E-state index is 11.9. The summed E-state index contributed by atoms with van der Waals surface area (Å²) in [7, 11) is 0. The third-order valence-electron chi connectivity index (χ3n) is 3.47. The van der Waals surface area contributed by atoms with Gasteiger partial charge < -0.3 is 10.2 Å². The van der Waals surface area contributed by atoms with Gasteiger partial charge in [0.1, 0.15) is 11.5 Å². The number of rotatable bonds is 3. The van der Waals surface area contributed by atoms with E-state index in [4.69, 9.17) is 0 Å². The van der Waals surface area contributed by atoms with Crippen LogP contribution in [0.3, 0.4) is 0 Å². The quantitative estimate of drug-likeness (QED) is 0.929. The van der Waals surface area contributed by atoms with Gasteiger partial charge in [0, 0.05) is 18.8 Å². The molecule has 1 aromatic heterocycles. The normalized spacial score (nSPS) is 13.2. The number of para-hydroxylation sites is 1. The average Bonchev–Trinajstić information content (AvgIpc) is 2.91. The first-order valence-corrected chi connectivity index (χ1v) is 6.90. The monoisotopic (exact) mass is 267 g/mol. The lowest BCUT2D eigenvalue weighted by Crippen LogP contribution is -2.24. The van der Waals surface area contributed by atoms with Crippen molar-refractivity contribution in [3.8, 4) is 0 Å². The van der Waals surface area contributed by atoms with Gasteiger partial charge in [-0.2, -0.15) is 0 Å². The van der Waals surface area contributed by atoms with Crippen LogP contribution in [-0.4, -0.2) is 24.0 Å². The van der Waals surface area contributed by atoms with Gasteiger partial charge in [0.25, 0.3) is 5.91 Å². The number of hydrogen-bond donors (Lipinski definition) is 1. The Kier molecular flexibility index (Phi) is 3.37. The fourth-order valence-electron chi connectivity index (χ4n) is 2.53. The molecule has 0 bridgehead atoms. The highest BCUT2D eigenvalue weighted by Gasteiger charge is 2.21. The molecule has 0 fully saturated rings. The molecule has 0 saturated carbocycles. The van der Waals surface area contributed by atoms with E-state index in [9.17, 15) is 4.79 Å². The topological polar surface area (TPSA) is 45.2 Å². The van der Waals surface area contributed by atoms with Crippen LogP contribution in [0.1, 0.15) is 23.0 Å². The Morgan fingerprint density at radius 1 is 1.25 bits per heavy atom. The molecule has 0 atom stereocenters. The zero-order valence-corrected chi connectivity index (χ0v) is 11.5. The molecule has 1 N–H and O–H groups in total. The van der Waals surface area contributed by atoms with E-state index in [-0.39, 0.29) is 5.91 Å². The molecule has 1 aliphatic rings. The van der Waals surface area contributed by atoms with Crippen LogP contribution in [0.2, 0.25) is 0 Å². The van der Waals surface area contributed by atoms with Crippen molar-refractivity contribution < 1.29 is 4.79 Å². The molecule has 20 heavy (non-hydrogen) atoms. The molecule has 0 radical (unpaired) electrons. The van der Waals surface area contributed by atoms with Crippen molar-refractivity contribution in [2.75, 3.05) is 18.0 Å². The molecule has 0 spiro atoms. The summed E-state index contributed by atoms with van der Waals surface area (Å²) in [5.41, 5.74) is 2.99. The zero-order chi connectivity index (χ0) is 13.9. The van der Waals surface area contributed by atoms with Gasteiger partial charge in [0.15, 0.2) is 0 Å². The van der Waals surface area contributed by atoms with E-state index in [2.05, 4.69) is 33.4 Å². The average molecular weight is 267 g/mol. The van der Waals surface area contributed by atoms with Crippen LogP contribution in [0, 0.1) is 0 Å². The number of benzene rings is 1. The van der Waals surface area contributed by atoms with E-state index in [0.717, 1.165) is 18.8 Å². The molecule has 1 aliphatic heterocycles. The maximum atomic E-state index is 11.9. The van der Waals surface area contributed by atoms with Crippen molar-refractivity contribution >= 4 is 17.4 Å². The highest BCUT2D eigenvalue weighted by Crippen LogP contribution is 2.32. The smallest absolute Gasteiger partial charge is 0.269 e. The highest BCUT2D eigenvalue weighted by atomic mass is 16.1. The minimum atomic E-state index is -0.123. The van der Waals surface area contributed by atoms with Crippen molar-refractivity contribution in [3.05, 3.63) is 53.7 Å². The highest BCUT2D eigenvalue weighted by molar-refractivity contribution is 5.92. The van der Waals surface area contributed by atoms with E-state index in [1.807, 2.05) is 25.1 Å². The first kappa shape index (κ1) is 12.7. The predicted molar refractivity (Wildman–Crippen MR) is 79.4 cm³/mol. The third kappa shape index (κ3) is 2.25. The van der Waals surface area contributed by atoms with E-state index >= 15 is 0 Å². The summed E-state index contributed by atoms with van der Waals surface area (Å²) in [4.78, 5) is 18.5. The number of aromatic nitrogens is 1. The van der Waals surface area contributed by atoms with Crippen LogP contribution in [-0.2, 0) is 6.42 Å². The van der Waals surface area contributed by atoms with Crippen molar-refractivity contribution in [2.45, 2.75) is 13.3 Å². The van der Waals surface area contributed by atoms with E-state index in [0.29, 0.717) is 12.2 Å². The first-order chi connectivity index (χ1) is 9.79.